The van der Waals surface area contributed by atoms with Gasteiger partial charge >= 0.3 is 0 Å². The SMILES string of the molecule is Nc1cc(O)c2c(c1)OCO2. The molecule has 1 aromatic rings. The first-order valence-electron chi connectivity index (χ1n) is 3.15. The van der Waals surface area contributed by atoms with E-state index in [1.165, 1.54) is 6.07 Å². The van der Waals surface area contributed by atoms with E-state index in [-0.39, 0.29) is 12.5 Å². The maximum Gasteiger partial charge on any atom is 0.231 e. The molecule has 2 rings (SSSR count). The van der Waals surface area contributed by atoms with E-state index in [1.807, 2.05) is 0 Å². The monoisotopic (exact) mass is 153 g/mol. The smallest absolute Gasteiger partial charge is 0.231 e. The average Bonchev–Trinajstić information content (AvgIpc) is 2.34. The number of nitrogen functional groups attached to an aromatic ring is 1. The van der Waals surface area contributed by atoms with Crippen LogP contribution < -0.4 is 15.2 Å². The number of fused-ring (bicyclic) bond motifs is 1. The van der Waals surface area contributed by atoms with Gasteiger partial charge in [-0.2, -0.15) is 0 Å². The van der Waals surface area contributed by atoms with Crippen molar-refractivity contribution < 1.29 is 14.6 Å². The molecule has 3 N–H and O–H groups in total. The molecular weight excluding hydrogens is 146 g/mol. The third kappa shape index (κ3) is 0.832. The molecule has 0 bridgehead atoms. The Hall–Kier alpha value is -1.58. The Morgan fingerprint density at radius 2 is 2.18 bits per heavy atom. The quantitative estimate of drug-likeness (QED) is 0.538. The molecular formula is C7H7NO3. The first-order chi connectivity index (χ1) is 5.27. The van der Waals surface area contributed by atoms with Gasteiger partial charge in [0.1, 0.15) is 0 Å². The highest BCUT2D eigenvalue weighted by Crippen LogP contribution is 2.41. The predicted octanol–water partition coefficient (Wildman–Crippen LogP) is 0.703. The summed E-state index contributed by atoms with van der Waals surface area (Å²) in [5, 5.41) is 9.23. The van der Waals surface area contributed by atoms with Crippen molar-refractivity contribution in [1.29, 1.82) is 0 Å². The first-order valence-corrected chi connectivity index (χ1v) is 3.15. The molecule has 58 valence electrons. The summed E-state index contributed by atoms with van der Waals surface area (Å²) in [5.74, 6) is 0.902. The molecule has 11 heavy (non-hydrogen) atoms. The van der Waals surface area contributed by atoms with Crippen LogP contribution in [-0.2, 0) is 0 Å². The van der Waals surface area contributed by atoms with E-state index in [0.29, 0.717) is 17.2 Å². The van der Waals surface area contributed by atoms with Crippen LogP contribution in [-0.4, -0.2) is 11.9 Å². The number of hydrogen-bond acceptors (Lipinski definition) is 4. The molecule has 0 saturated heterocycles. The van der Waals surface area contributed by atoms with Crippen LogP contribution >= 0.6 is 0 Å². The highest BCUT2D eigenvalue weighted by atomic mass is 16.7. The fourth-order valence-electron chi connectivity index (χ4n) is 1.01. The van der Waals surface area contributed by atoms with Crippen LogP contribution in [0.15, 0.2) is 12.1 Å². The standard InChI is InChI=1S/C7H7NO3/c8-4-1-5(9)7-6(2-4)10-3-11-7/h1-2,9H,3,8H2. The summed E-state index contributed by atoms with van der Waals surface area (Å²) in [6.07, 6.45) is 0. The van der Waals surface area contributed by atoms with Crippen LogP contribution in [0.5, 0.6) is 17.2 Å². The fourth-order valence-corrected chi connectivity index (χ4v) is 1.01. The van der Waals surface area contributed by atoms with Crippen LogP contribution in [0.4, 0.5) is 5.69 Å². The topological polar surface area (TPSA) is 64.7 Å². The second-order valence-corrected chi connectivity index (χ2v) is 2.27. The highest BCUT2D eigenvalue weighted by molar-refractivity contribution is 5.60. The summed E-state index contributed by atoms with van der Waals surface area (Å²) in [6, 6.07) is 3.04. The third-order valence-electron chi connectivity index (χ3n) is 1.48. The zero-order valence-electron chi connectivity index (χ0n) is 5.70. The summed E-state index contributed by atoms with van der Waals surface area (Å²) in [4.78, 5) is 0. The third-order valence-corrected chi connectivity index (χ3v) is 1.48. The molecule has 1 aliphatic rings. The number of phenols is 1. The normalized spacial score (nSPS) is 13.5. The van der Waals surface area contributed by atoms with Crippen molar-refractivity contribution in [1.82, 2.24) is 0 Å². The molecule has 0 unspecified atom stereocenters. The van der Waals surface area contributed by atoms with Crippen LogP contribution in [0.3, 0.4) is 0 Å². The van der Waals surface area contributed by atoms with Gasteiger partial charge in [-0.3, -0.25) is 0 Å². The summed E-state index contributed by atoms with van der Waals surface area (Å²) >= 11 is 0. The van der Waals surface area contributed by atoms with Crippen LogP contribution in [0.1, 0.15) is 0 Å². The van der Waals surface area contributed by atoms with E-state index < -0.39 is 0 Å². The Balaban J connectivity index is 2.60. The molecule has 0 spiro atoms. The molecule has 4 nitrogen and oxygen atoms in total. The van der Waals surface area contributed by atoms with Crippen LogP contribution in [0, 0.1) is 0 Å². The van der Waals surface area contributed by atoms with Crippen molar-refractivity contribution in [3.63, 3.8) is 0 Å². The average molecular weight is 153 g/mol. The molecule has 1 aliphatic heterocycles. The summed E-state index contributed by atoms with van der Waals surface area (Å²) in [5.41, 5.74) is 5.90. The highest BCUT2D eigenvalue weighted by Gasteiger charge is 2.17. The van der Waals surface area contributed by atoms with Gasteiger partial charge < -0.3 is 20.3 Å². The number of benzene rings is 1. The molecule has 0 fully saturated rings. The molecule has 0 amide bonds. The zero-order chi connectivity index (χ0) is 7.84. The number of rotatable bonds is 0. The van der Waals surface area contributed by atoms with Crippen molar-refractivity contribution in [2.45, 2.75) is 0 Å². The van der Waals surface area contributed by atoms with E-state index >= 15 is 0 Å². The largest absolute Gasteiger partial charge is 0.504 e. The van der Waals surface area contributed by atoms with Gasteiger partial charge in [-0.25, -0.2) is 0 Å². The number of hydrogen-bond donors (Lipinski definition) is 2. The van der Waals surface area contributed by atoms with Gasteiger partial charge in [0.15, 0.2) is 11.5 Å². The lowest BCUT2D eigenvalue weighted by Gasteiger charge is -1.99. The number of phenolic OH excluding ortho intramolecular Hbond substituents is 1. The maximum absolute atomic E-state index is 9.23. The molecule has 4 heteroatoms. The molecule has 0 aliphatic carbocycles. The molecule has 0 aromatic heterocycles. The van der Waals surface area contributed by atoms with Gasteiger partial charge in [0.05, 0.1) is 0 Å². The van der Waals surface area contributed by atoms with Gasteiger partial charge in [-0.1, -0.05) is 0 Å². The van der Waals surface area contributed by atoms with Gasteiger partial charge in [0.25, 0.3) is 0 Å². The van der Waals surface area contributed by atoms with E-state index in [1.54, 1.807) is 6.07 Å². The van der Waals surface area contributed by atoms with E-state index in [0.717, 1.165) is 0 Å². The molecule has 0 radical (unpaired) electrons. The summed E-state index contributed by atoms with van der Waals surface area (Å²) < 4.78 is 9.95. The summed E-state index contributed by atoms with van der Waals surface area (Å²) in [6.45, 7) is 0.145. The lowest BCUT2D eigenvalue weighted by molar-refractivity contribution is 0.171. The zero-order valence-corrected chi connectivity index (χ0v) is 5.70. The first kappa shape index (κ1) is 6.15. The lowest BCUT2D eigenvalue weighted by atomic mass is 10.2. The van der Waals surface area contributed by atoms with Gasteiger partial charge in [0, 0.05) is 17.8 Å². The minimum atomic E-state index is 0.0255. The molecule has 1 aromatic carbocycles. The van der Waals surface area contributed by atoms with Gasteiger partial charge in [-0.05, 0) is 0 Å². The predicted molar refractivity (Wildman–Crippen MR) is 38.6 cm³/mol. The molecule has 1 heterocycles. The van der Waals surface area contributed by atoms with Crippen molar-refractivity contribution in [3.05, 3.63) is 12.1 Å². The second kappa shape index (κ2) is 1.95. The second-order valence-electron chi connectivity index (χ2n) is 2.27. The molecule has 0 atom stereocenters. The van der Waals surface area contributed by atoms with Crippen molar-refractivity contribution in [2.75, 3.05) is 12.5 Å². The van der Waals surface area contributed by atoms with Crippen LogP contribution in [0.25, 0.3) is 0 Å². The number of anilines is 1. The Labute approximate surface area is 63.2 Å². The fraction of sp³-hybridized carbons (Fsp3) is 0.143. The van der Waals surface area contributed by atoms with Gasteiger partial charge in [0.2, 0.25) is 12.5 Å². The number of nitrogens with two attached hydrogens (primary N) is 1. The van der Waals surface area contributed by atoms with Crippen molar-refractivity contribution in [3.8, 4) is 17.2 Å². The van der Waals surface area contributed by atoms with E-state index in [4.69, 9.17) is 15.2 Å². The Bertz CT molecular complexity index is 298. The summed E-state index contributed by atoms with van der Waals surface area (Å²) in [7, 11) is 0. The minimum Gasteiger partial charge on any atom is -0.504 e. The van der Waals surface area contributed by atoms with Crippen LogP contribution in [0.2, 0.25) is 0 Å². The van der Waals surface area contributed by atoms with E-state index in [2.05, 4.69) is 0 Å². The Kier molecular flexibility index (Phi) is 1.09. The minimum absolute atomic E-state index is 0.0255. The van der Waals surface area contributed by atoms with E-state index in [9.17, 15) is 5.11 Å². The van der Waals surface area contributed by atoms with Crippen molar-refractivity contribution >= 4 is 5.69 Å². The van der Waals surface area contributed by atoms with Crippen molar-refractivity contribution in [2.24, 2.45) is 0 Å². The molecule has 0 saturated carbocycles. The Morgan fingerprint density at radius 3 is 3.00 bits per heavy atom. The number of aromatic hydroxyl groups is 1. The van der Waals surface area contributed by atoms with Gasteiger partial charge in [-0.15, -0.1) is 0 Å². The lowest BCUT2D eigenvalue weighted by Crippen LogP contribution is -1.93. The Morgan fingerprint density at radius 1 is 1.36 bits per heavy atom. The maximum atomic E-state index is 9.23. The number of ether oxygens (including phenoxy) is 2.